The fourth-order valence-electron chi connectivity index (χ4n) is 0.674. The smallest absolute Gasteiger partial charge is 0.150 e. The van der Waals surface area contributed by atoms with Gasteiger partial charge < -0.3 is 0 Å². The maximum absolute atomic E-state index is 11.5. The van der Waals surface area contributed by atoms with E-state index in [1.54, 1.807) is 0 Å². The predicted molar refractivity (Wildman–Crippen MR) is 57.2 cm³/mol. The van der Waals surface area contributed by atoms with E-state index in [1.165, 1.54) is 0 Å². The highest BCUT2D eigenvalue weighted by Gasteiger charge is 2.24. The van der Waals surface area contributed by atoms with Gasteiger partial charge in [-0.25, -0.2) is 0 Å². The largest absolute Gasteiger partial charge is 0.298 e. The number of hydrogen-bond donors (Lipinski definition) is 0. The molecule has 0 radical (unpaired) electrons. The van der Waals surface area contributed by atoms with Gasteiger partial charge in [-0.3, -0.25) is 9.00 Å². The Bertz CT molecular complexity index is 203. The normalized spacial score (nSPS) is 16.7. The van der Waals surface area contributed by atoms with E-state index in [-0.39, 0.29) is 22.2 Å². The number of Topliss-reactive ketones (excluding diaryl/α,β-unsaturated/α-hetero) is 1. The molecule has 0 N–H and O–H groups in total. The van der Waals surface area contributed by atoms with Crippen molar-refractivity contribution in [2.75, 3.05) is 5.75 Å². The van der Waals surface area contributed by atoms with Gasteiger partial charge in [0, 0.05) is 21.5 Å². The molecule has 2 atom stereocenters. The van der Waals surface area contributed by atoms with Crippen LogP contribution in [0.25, 0.3) is 0 Å². The maximum atomic E-state index is 11.5. The van der Waals surface area contributed by atoms with Crippen molar-refractivity contribution in [3.8, 4) is 0 Å². The van der Waals surface area contributed by atoms with E-state index in [1.807, 2.05) is 34.6 Å². The zero-order valence-corrected chi connectivity index (χ0v) is 10.0. The average molecular weight is 204 g/mol. The zero-order valence-electron chi connectivity index (χ0n) is 9.22. The van der Waals surface area contributed by atoms with Gasteiger partial charge in [0.1, 0.15) is 0 Å². The summed E-state index contributed by atoms with van der Waals surface area (Å²) in [6.45, 7) is 9.51. The molecular weight excluding hydrogens is 184 g/mol. The second-order valence-corrected chi connectivity index (χ2v) is 6.27. The minimum Gasteiger partial charge on any atom is -0.298 e. The van der Waals surface area contributed by atoms with Crippen molar-refractivity contribution in [1.29, 1.82) is 0 Å². The molecule has 3 heteroatoms. The monoisotopic (exact) mass is 204 g/mol. The summed E-state index contributed by atoms with van der Waals surface area (Å²) in [7, 11) is -0.991. The lowest BCUT2D eigenvalue weighted by Gasteiger charge is -2.17. The second-order valence-electron chi connectivity index (χ2n) is 4.42. The summed E-state index contributed by atoms with van der Waals surface area (Å²) < 4.78 is 11.5. The summed E-state index contributed by atoms with van der Waals surface area (Å²) >= 11 is 0. The summed E-state index contributed by atoms with van der Waals surface area (Å²) in [6, 6.07) is 0. The van der Waals surface area contributed by atoms with Gasteiger partial charge in [-0.1, -0.05) is 34.6 Å². The Labute approximate surface area is 83.6 Å². The van der Waals surface area contributed by atoms with E-state index in [2.05, 4.69) is 0 Å². The van der Waals surface area contributed by atoms with Crippen molar-refractivity contribution in [3.05, 3.63) is 0 Å². The van der Waals surface area contributed by atoms with Crippen LogP contribution in [0.15, 0.2) is 0 Å². The molecule has 0 aromatic rings. The van der Waals surface area contributed by atoms with Crippen LogP contribution in [0.3, 0.4) is 0 Å². The van der Waals surface area contributed by atoms with Crippen molar-refractivity contribution in [2.24, 2.45) is 5.41 Å². The number of carbonyl (C=O) groups is 1. The molecule has 0 aliphatic heterocycles. The Morgan fingerprint density at radius 2 is 1.85 bits per heavy atom. The first-order valence-corrected chi connectivity index (χ1v) is 6.07. The number of rotatable bonds is 4. The van der Waals surface area contributed by atoms with Crippen molar-refractivity contribution in [2.45, 2.75) is 46.3 Å². The minimum atomic E-state index is -0.991. The van der Waals surface area contributed by atoms with Crippen LogP contribution in [-0.2, 0) is 15.6 Å². The van der Waals surface area contributed by atoms with Gasteiger partial charge >= 0.3 is 0 Å². The van der Waals surface area contributed by atoms with Gasteiger partial charge in [-0.05, 0) is 6.42 Å². The first-order valence-electron chi connectivity index (χ1n) is 4.69. The zero-order chi connectivity index (χ0) is 10.6. The molecule has 0 spiro atoms. The first-order chi connectivity index (χ1) is 5.79. The number of ketones is 1. The molecule has 0 bridgehead atoms. The van der Waals surface area contributed by atoms with Gasteiger partial charge in [0.25, 0.3) is 0 Å². The van der Waals surface area contributed by atoms with E-state index in [0.29, 0.717) is 0 Å². The lowest BCUT2D eigenvalue weighted by atomic mass is 9.92. The molecule has 0 aliphatic carbocycles. The van der Waals surface area contributed by atoms with Crippen LogP contribution < -0.4 is 0 Å². The Kier molecular flexibility index (Phi) is 4.82. The quantitative estimate of drug-likeness (QED) is 0.703. The number of hydrogen-bond acceptors (Lipinski definition) is 2. The van der Waals surface area contributed by atoms with Gasteiger partial charge in [-0.2, -0.15) is 0 Å². The van der Waals surface area contributed by atoms with E-state index in [4.69, 9.17) is 0 Å². The average Bonchev–Trinajstić information content (AvgIpc) is 2.01. The van der Waals surface area contributed by atoms with Crippen LogP contribution in [0.4, 0.5) is 0 Å². The number of carbonyl (C=O) groups excluding carboxylic acids is 1. The van der Waals surface area contributed by atoms with Crippen LogP contribution in [0.1, 0.15) is 41.0 Å². The van der Waals surface area contributed by atoms with Gasteiger partial charge in [0.2, 0.25) is 0 Å². The standard InChI is InChI=1S/C10H20O2S/c1-6-8(2)13(12)7-9(11)10(3,4)5/h8H,6-7H2,1-5H3. The topological polar surface area (TPSA) is 34.1 Å². The Morgan fingerprint density at radius 3 is 2.15 bits per heavy atom. The van der Waals surface area contributed by atoms with Crippen molar-refractivity contribution >= 4 is 16.6 Å². The first kappa shape index (κ1) is 12.8. The Balaban J connectivity index is 4.16. The van der Waals surface area contributed by atoms with Crippen LogP contribution in [-0.4, -0.2) is 21.0 Å². The van der Waals surface area contributed by atoms with Gasteiger partial charge in [-0.15, -0.1) is 0 Å². The van der Waals surface area contributed by atoms with E-state index in [0.717, 1.165) is 6.42 Å². The third kappa shape index (κ3) is 4.55. The molecule has 0 heterocycles. The highest BCUT2D eigenvalue weighted by molar-refractivity contribution is 7.86. The van der Waals surface area contributed by atoms with Crippen molar-refractivity contribution in [1.82, 2.24) is 0 Å². The summed E-state index contributed by atoms with van der Waals surface area (Å²) in [5, 5.41) is 0.131. The van der Waals surface area contributed by atoms with E-state index >= 15 is 0 Å². The molecule has 0 aromatic heterocycles. The molecule has 0 rings (SSSR count). The minimum absolute atomic E-state index is 0.0890. The van der Waals surface area contributed by atoms with Crippen LogP contribution >= 0.6 is 0 Å². The predicted octanol–water partition coefficient (Wildman–Crippen LogP) is 2.15. The summed E-state index contributed by atoms with van der Waals surface area (Å²) in [5.41, 5.74) is -0.358. The lowest BCUT2D eigenvalue weighted by Crippen LogP contribution is -2.28. The molecule has 0 aromatic carbocycles. The molecule has 0 saturated heterocycles. The molecule has 2 nitrogen and oxygen atoms in total. The fraction of sp³-hybridized carbons (Fsp3) is 0.900. The molecule has 2 unspecified atom stereocenters. The summed E-state index contributed by atoms with van der Waals surface area (Å²) in [4.78, 5) is 11.5. The van der Waals surface area contributed by atoms with Crippen molar-refractivity contribution < 1.29 is 9.00 Å². The fourth-order valence-corrected chi connectivity index (χ4v) is 2.02. The summed E-state index contributed by atoms with van der Waals surface area (Å²) in [6.07, 6.45) is 0.865. The Morgan fingerprint density at radius 1 is 1.38 bits per heavy atom. The molecule has 78 valence electrons. The third-order valence-electron chi connectivity index (χ3n) is 2.13. The van der Waals surface area contributed by atoms with Crippen LogP contribution in [0.2, 0.25) is 0 Å². The highest BCUT2D eigenvalue weighted by Crippen LogP contribution is 2.16. The third-order valence-corrected chi connectivity index (χ3v) is 3.91. The Hall–Kier alpha value is -0.180. The lowest BCUT2D eigenvalue weighted by molar-refractivity contribution is -0.123. The maximum Gasteiger partial charge on any atom is 0.150 e. The van der Waals surface area contributed by atoms with Crippen LogP contribution in [0, 0.1) is 5.41 Å². The highest BCUT2D eigenvalue weighted by atomic mass is 32.2. The molecule has 0 amide bonds. The van der Waals surface area contributed by atoms with E-state index in [9.17, 15) is 9.00 Å². The molecule has 0 fully saturated rings. The molecule has 13 heavy (non-hydrogen) atoms. The molecule has 0 saturated carbocycles. The van der Waals surface area contributed by atoms with Crippen molar-refractivity contribution in [3.63, 3.8) is 0 Å². The van der Waals surface area contributed by atoms with Crippen LogP contribution in [0.5, 0.6) is 0 Å². The SMILES string of the molecule is CCC(C)S(=O)CC(=O)C(C)(C)C. The van der Waals surface area contributed by atoms with Gasteiger partial charge in [0.05, 0.1) is 5.75 Å². The second kappa shape index (κ2) is 4.89. The van der Waals surface area contributed by atoms with E-state index < -0.39 is 10.8 Å². The summed E-state index contributed by atoms with van der Waals surface area (Å²) in [5.74, 6) is 0.296. The molecular formula is C10H20O2S. The molecule has 0 aliphatic rings. The van der Waals surface area contributed by atoms with Gasteiger partial charge in [0.15, 0.2) is 5.78 Å².